The third kappa shape index (κ3) is 3.32. The van der Waals surface area contributed by atoms with Crippen LogP contribution in [-0.4, -0.2) is 30.1 Å². The van der Waals surface area contributed by atoms with Gasteiger partial charge in [-0.25, -0.2) is 5.26 Å². The summed E-state index contributed by atoms with van der Waals surface area (Å²) in [6, 6.07) is 4.99. The summed E-state index contributed by atoms with van der Waals surface area (Å²) < 4.78 is 35.7. The molecule has 0 saturated heterocycles. The Balaban J connectivity index is 2.73. The number of nitrogens with zero attached hydrogens (tertiary/aromatic N) is 1. The molecule has 0 fully saturated rings. The van der Waals surface area contributed by atoms with Crippen LogP contribution in [0.5, 0.6) is 5.75 Å². The number of phenols is 1. The number of fused-ring (bicyclic) bond motifs is 1. The van der Waals surface area contributed by atoms with Crippen LogP contribution >= 0.6 is 12.0 Å². The smallest absolute Gasteiger partial charge is 0.294 e. The van der Waals surface area contributed by atoms with Crippen molar-refractivity contribution in [3.8, 4) is 5.75 Å². The van der Waals surface area contributed by atoms with Gasteiger partial charge in [-0.2, -0.15) is 8.42 Å². The first-order chi connectivity index (χ1) is 9.86. The van der Waals surface area contributed by atoms with Gasteiger partial charge in [0.2, 0.25) is 0 Å². The fraction of sp³-hybridized carbons (Fsp3) is 0. The van der Waals surface area contributed by atoms with Gasteiger partial charge in [-0.1, -0.05) is 5.04 Å². The molecule has 0 heterocycles. The number of aromatic hydroxyl groups is 1. The van der Waals surface area contributed by atoms with E-state index in [1.54, 1.807) is 0 Å². The molecule has 0 aliphatic heterocycles. The number of hydrogen-bond donors (Lipinski definition) is 3. The van der Waals surface area contributed by atoms with Crippen LogP contribution in [0.25, 0.3) is 10.8 Å². The molecule has 21 heavy (non-hydrogen) atoms. The van der Waals surface area contributed by atoms with E-state index < -0.39 is 15.0 Å². The van der Waals surface area contributed by atoms with Gasteiger partial charge in [0, 0.05) is 16.3 Å². The molecular formula is C11H9NO7S2. The Kier molecular flexibility index (Phi) is 4.46. The Labute approximate surface area is 123 Å². The van der Waals surface area contributed by atoms with Crippen LogP contribution in [0.15, 0.2) is 39.0 Å². The maximum Gasteiger partial charge on any atom is 0.294 e. The van der Waals surface area contributed by atoms with E-state index in [1.165, 1.54) is 12.1 Å². The largest absolute Gasteiger partial charge is 0.507 e. The van der Waals surface area contributed by atoms with Crippen molar-refractivity contribution in [2.45, 2.75) is 9.79 Å². The Bertz CT molecular complexity index is 804. The first-order valence-electron chi connectivity index (χ1n) is 5.26. The molecule has 0 radical (unpaired) electrons. The highest BCUT2D eigenvalue weighted by Gasteiger charge is 2.16. The van der Waals surface area contributed by atoms with Crippen molar-refractivity contribution >= 4 is 45.3 Å². The van der Waals surface area contributed by atoms with Crippen molar-refractivity contribution < 1.29 is 32.7 Å². The van der Waals surface area contributed by atoms with Crippen LogP contribution in [0.4, 0.5) is 5.69 Å². The molecule has 3 N–H and O–H groups in total. The van der Waals surface area contributed by atoms with E-state index in [1.807, 2.05) is 0 Å². The topological polar surface area (TPSA) is 126 Å². The zero-order valence-corrected chi connectivity index (χ0v) is 11.9. The van der Waals surface area contributed by atoms with Crippen molar-refractivity contribution in [3.63, 3.8) is 0 Å². The molecule has 10 heteroatoms. The molecule has 0 aromatic heterocycles. The lowest BCUT2D eigenvalue weighted by molar-refractivity contribution is -0.432. The summed E-state index contributed by atoms with van der Waals surface area (Å²) in [6.07, 6.45) is 0. The molecule has 2 rings (SSSR count). The second-order valence-electron chi connectivity index (χ2n) is 3.84. The van der Waals surface area contributed by atoms with E-state index in [0.29, 0.717) is 16.9 Å². The lowest BCUT2D eigenvalue weighted by Gasteiger charge is -2.09. The van der Waals surface area contributed by atoms with Gasteiger partial charge in [0.25, 0.3) is 10.1 Å². The third-order valence-corrected chi connectivity index (χ3v) is 3.97. The Morgan fingerprint density at radius 1 is 1.24 bits per heavy atom. The lowest BCUT2D eigenvalue weighted by Crippen LogP contribution is -1.97. The minimum atomic E-state index is -4.48. The highest BCUT2D eigenvalue weighted by atomic mass is 32.2. The van der Waals surface area contributed by atoms with Crippen molar-refractivity contribution in [2.24, 2.45) is 4.99 Å². The number of rotatable bonds is 5. The van der Waals surface area contributed by atoms with Crippen LogP contribution < -0.4 is 0 Å². The molecular weight excluding hydrogens is 322 g/mol. The Morgan fingerprint density at radius 3 is 2.52 bits per heavy atom. The summed E-state index contributed by atoms with van der Waals surface area (Å²) in [5.74, 6) is -0.376. The van der Waals surface area contributed by atoms with Crippen LogP contribution in [0.1, 0.15) is 0 Å². The zero-order chi connectivity index (χ0) is 15.6. The molecule has 0 unspecified atom stereocenters. The molecule has 0 atom stereocenters. The standard InChI is InChI=1S/C11H9NO7S2/c1-12-9-4-7(20-19-18-14)2-6-3-8(21(15,16)17)5-10(13)11(6)9/h2-5,13-14H,1H2,(H,15,16,17). The average molecular weight is 331 g/mol. The van der Waals surface area contributed by atoms with Crippen LogP contribution in [0.2, 0.25) is 0 Å². The van der Waals surface area contributed by atoms with Gasteiger partial charge >= 0.3 is 0 Å². The fourth-order valence-electron chi connectivity index (χ4n) is 1.79. The van der Waals surface area contributed by atoms with Crippen LogP contribution in [0.3, 0.4) is 0 Å². The van der Waals surface area contributed by atoms with Gasteiger partial charge in [-0.3, -0.25) is 9.55 Å². The SMILES string of the molecule is C=Nc1cc(SOOO)cc2cc(S(=O)(=O)O)cc(O)c12. The Hall–Kier alpha value is -1.69. The van der Waals surface area contributed by atoms with Gasteiger partial charge in [-0.15, -0.1) is 4.33 Å². The quantitative estimate of drug-likeness (QED) is 0.251. The molecule has 0 bridgehead atoms. The predicted octanol–water partition coefficient (Wildman–Crippen LogP) is 2.55. The predicted molar refractivity (Wildman–Crippen MR) is 75.3 cm³/mol. The molecule has 8 nitrogen and oxygen atoms in total. The van der Waals surface area contributed by atoms with Crippen molar-refractivity contribution in [1.82, 2.24) is 0 Å². The summed E-state index contributed by atoms with van der Waals surface area (Å²) in [4.78, 5) is 3.65. The van der Waals surface area contributed by atoms with Gasteiger partial charge in [0.05, 0.1) is 22.6 Å². The molecule has 2 aromatic rings. The van der Waals surface area contributed by atoms with E-state index in [0.717, 1.165) is 12.1 Å². The van der Waals surface area contributed by atoms with Crippen molar-refractivity contribution in [2.75, 3.05) is 0 Å². The highest BCUT2D eigenvalue weighted by molar-refractivity contribution is 7.94. The zero-order valence-electron chi connectivity index (χ0n) is 10.3. The lowest BCUT2D eigenvalue weighted by atomic mass is 10.1. The molecule has 0 amide bonds. The van der Waals surface area contributed by atoms with Crippen molar-refractivity contribution in [1.29, 1.82) is 0 Å². The maximum absolute atomic E-state index is 11.2. The van der Waals surface area contributed by atoms with Crippen molar-refractivity contribution in [3.05, 3.63) is 24.3 Å². The van der Waals surface area contributed by atoms with Gasteiger partial charge in [0.15, 0.2) is 0 Å². The molecule has 0 aliphatic carbocycles. The molecule has 0 spiro atoms. The average Bonchev–Trinajstić information content (AvgIpc) is 2.42. The molecule has 2 aromatic carbocycles. The van der Waals surface area contributed by atoms with Gasteiger partial charge in [-0.05, 0) is 30.3 Å². The van der Waals surface area contributed by atoms with Gasteiger partial charge < -0.3 is 5.11 Å². The van der Waals surface area contributed by atoms with Gasteiger partial charge in [0.1, 0.15) is 5.75 Å². The van der Waals surface area contributed by atoms with Crippen LogP contribution in [-0.2, 0) is 19.5 Å². The summed E-state index contributed by atoms with van der Waals surface area (Å²) in [5.41, 5.74) is 0.260. The molecule has 0 aliphatic rings. The highest BCUT2D eigenvalue weighted by Crippen LogP contribution is 2.39. The summed E-state index contributed by atoms with van der Waals surface area (Å²) in [7, 11) is -4.48. The maximum atomic E-state index is 11.2. The number of benzene rings is 2. The number of hydrogen-bond acceptors (Lipinski definition) is 8. The third-order valence-electron chi connectivity index (χ3n) is 2.58. The summed E-state index contributed by atoms with van der Waals surface area (Å²) in [6.45, 7) is 3.36. The summed E-state index contributed by atoms with van der Waals surface area (Å²) >= 11 is 0.630. The van der Waals surface area contributed by atoms with E-state index in [4.69, 9.17) is 9.81 Å². The second kappa shape index (κ2) is 5.97. The Morgan fingerprint density at radius 2 is 1.95 bits per heavy atom. The fourth-order valence-corrected chi connectivity index (χ4v) is 2.77. The molecule has 112 valence electrons. The first-order valence-corrected chi connectivity index (χ1v) is 7.44. The normalized spacial score (nSPS) is 11.7. The summed E-state index contributed by atoms with van der Waals surface area (Å²) in [5, 5.41) is 22.1. The molecule has 0 saturated carbocycles. The van der Waals surface area contributed by atoms with E-state index >= 15 is 0 Å². The first kappa shape index (κ1) is 15.7. The minimum absolute atomic E-state index is 0.256. The van der Waals surface area contributed by atoms with E-state index in [9.17, 15) is 13.5 Å². The monoisotopic (exact) mass is 331 g/mol. The van der Waals surface area contributed by atoms with Crippen LogP contribution in [0, 0.1) is 0 Å². The van der Waals surface area contributed by atoms with E-state index in [2.05, 4.69) is 21.1 Å². The minimum Gasteiger partial charge on any atom is -0.507 e. The second-order valence-corrected chi connectivity index (χ2v) is 6.04. The van der Waals surface area contributed by atoms with E-state index in [-0.39, 0.29) is 22.2 Å². The number of phenolic OH excluding ortho intramolecular Hbond substituents is 1. The number of aliphatic imine (C=N–C) groups is 1.